The molecule has 2 aromatic heterocycles. The summed E-state index contributed by atoms with van der Waals surface area (Å²) in [4.78, 5) is 14.8. The number of amides is 1. The maximum Gasteiger partial charge on any atom is 0.272 e. The van der Waals surface area contributed by atoms with Crippen LogP contribution in [0.1, 0.15) is 24.3 Å². The highest BCUT2D eigenvalue weighted by atomic mass is 35.5. The maximum absolute atomic E-state index is 13.0. The average Bonchev–Trinajstić information content (AvgIpc) is 3.22. The van der Waals surface area contributed by atoms with E-state index in [1.54, 1.807) is 15.6 Å². The molecule has 0 aliphatic heterocycles. The average molecular weight is 357 g/mol. The zero-order valence-electron chi connectivity index (χ0n) is 14.6. The molecule has 0 fully saturated rings. The zero-order chi connectivity index (χ0) is 18.0. The van der Waals surface area contributed by atoms with Crippen LogP contribution in [0.15, 0.2) is 48.7 Å². The molecule has 2 heterocycles. The van der Waals surface area contributed by atoms with E-state index in [4.69, 9.17) is 11.6 Å². The molecule has 1 amide bonds. The van der Waals surface area contributed by atoms with E-state index < -0.39 is 0 Å². The fourth-order valence-electron chi connectivity index (χ4n) is 2.87. The fraction of sp³-hybridized carbons (Fsp3) is 0.263. The molecule has 5 nitrogen and oxygen atoms in total. The Labute approximate surface area is 152 Å². The van der Waals surface area contributed by atoms with Gasteiger partial charge in [-0.2, -0.15) is 5.10 Å². The number of rotatable bonds is 5. The van der Waals surface area contributed by atoms with Crippen LogP contribution in [0.25, 0.3) is 17.1 Å². The van der Waals surface area contributed by atoms with Crippen molar-refractivity contribution in [3.63, 3.8) is 0 Å². The van der Waals surface area contributed by atoms with Crippen molar-refractivity contribution in [2.24, 2.45) is 7.05 Å². The topological polar surface area (TPSA) is 43.1 Å². The molecule has 0 N–H and O–H groups in total. The van der Waals surface area contributed by atoms with Crippen molar-refractivity contribution >= 4 is 17.5 Å². The standard InChI is InChI=1S/C19H21ClN4O/c1-4-23(5-2)19(25)18-13-15(17-11-8-12-22(17)3)21-24(18)16-10-7-6-9-14(16)20/h6-13H,4-5H2,1-3H3. The molecule has 0 unspecified atom stereocenters. The minimum absolute atomic E-state index is 0.0575. The van der Waals surface area contributed by atoms with Crippen LogP contribution in [0.5, 0.6) is 0 Å². The number of aryl methyl sites for hydroxylation is 1. The van der Waals surface area contributed by atoms with Crippen molar-refractivity contribution < 1.29 is 4.79 Å². The number of halogens is 1. The Morgan fingerprint density at radius 3 is 2.48 bits per heavy atom. The summed E-state index contributed by atoms with van der Waals surface area (Å²) >= 11 is 6.36. The van der Waals surface area contributed by atoms with Gasteiger partial charge in [-0.3, -0.25) is 4.79 Å². The van der Waals surface area contributed by atoms with Gasteiger partial charge in [-0.15, -0.1) is 0 Å². The molecule has 25 heavy (non-hydrogen) atoms. The lowest BCUT2D eigenvalue weighted by atomic mass is 10.2. The van der Waals surface area contributed by atoms with Crippen molar-refractivity contribution in [2.45, 2.75) is 13.8 Å². The van der Waals surface area contributed by atoms with E-state index in [-0.39, 0.29) is 5.91 Å². The van der Waals surface area contributed by atoms with Crippen molar-refractivity contribution in [1.82, 2.24) is 19.2 Å². The van der Waals surface area contributed by atoms with Crippen LogP contribution >= 0.6 is 11.6 Å². The van der Waals surface area contributed by atoms with Crippen LogP contribution in [-0.2, 0) is 7.05 Å². The van der Waals surface area contributed by atoms with Gasteiger partial charge < -0.3 is 9.47 Å². The molecular formula is C19H21ClN4O. The first-order valence-electron chi connectivity index (χ1n) is 8.32. The maximum atomic E-state index is 13.0. The second kappa shape index (κ2) is 7.15. The Balaban J connectivity index is 2.18. The normalized spacial score (nSPS) is 10.9. The van der Waals surface area contributed by atoms with Crippen LogP contribution in [0, 0.1) is 0 Å². The van der Waals surface area contributed by atoms with E-state index >= 15 is 0 Å². The molecule has 0 saturated carbocycles. The van der Waals surface area contributed by atoms with Gasteiger partial charge >= 0.3 is 0 Å². The number of aromatic nitrogens is 3. The van der Waals surface area contributed by atoms with Crippen LogP contribution in [-0.4, -0.2) is 38.2 Å². The first-order valence-corrected chi connectivity index (χ1v) is 8.70. The van der Waals surface area contributed by atoms with Crippen molar-refractivity contribution in [3.05, 3.63) is 59.4 Å². The van der Waals surface area contributed by atoms with Crippen LogP contribution in [0.4, 0.5) is 0 Å². The minimum Gasteiger partial charge on any atom is -0.349 e. The van der Waals surface area contributed by atoms with Crippen molar-refractivity contribution in [1.29, 1.82) is 0 Å². The molecule has 0 saturated heterocycles. The molecule has 3 rings (SSSR count). The number of carbonyl (C=O) groups excluding carboxylic acids is 1. The number of para-hydroxylation sites is 1. The molecule has 130 valence electrons. The van der Waals surface area contributed by atoms with E-state index in [9.17, 15) is 4.79 Å². The third kappa shape index (κ3) is 3.20. The summed E-state index contributed by atoms with van der Waals surface area (Å²) in [7, 11) is 1.95. The molecule has 1 aromatic carbocycles. The summed E-state index contributed by atoms with van der Waals surface area (Å²) in [6.07, 6.45) is 1.95. The summed E-state index contributed by atoms with van der Waals surface area (Å²) in [5, 5.41) is 5.23. The molecule has 0 spiro atoms. The second-order valence-electron chi connectivity index (χ2n) is 5.76. The highest BCUT2D eigenvalue weighted by molar-refractivity contribution is 6.32. The summed E-state index contributed by atoms with van der Waals surface area (Å²) in [6, 6.07) is 13.2. The van der Waals surface area contributed by atoms with E-state index in [0.717, 1.165) is 11.4 Å². The number of benzene rings is 1. The molecular weight excluding hydrogens is 336 g/mol. The SMILES string of the molecule is CCN(CC)C(=O)c1cc(-c2cccn2C)nn1-c1ccccc1Cl. The predicted octanol–water partition coefficient (Wildman–Crippen LogP) is 4.01. The second-order valence-corrected chi connectivity index (χ2v) is 6.17. The Morgan fingerprint density at radius 2 is 1.88 bits per heavy atom. The molecule has 6 heteroatoms. The fourth-order valence-corrected chi connectivity index (χ4v) is 3.08. The molecule has 0 radical (unpaired) electrons. The van der Waals surface area contributed by atoms with E-state index in [0.29, 0.717) is 29.5 Å². The van der Waals surface area contributed by atoms with Gasteiger partial charge in [-0.1, -0.05) is 23.7 Å². The smallest absolute Gasteiger partial charge is 0.272 e. The lowest BCUT2D eigenvalue weighted by molar-refractivity contribution is 0.0764. The Morgan fingerprint density at radius 1 is 1.16 bits per heavy atom. The van der Waals surface area contributed by atoms with E-state index in [1.165, 1.54) is 0 Å². The first kappa shape index (κ1) is 17.3. The van der Waals surface area contributed by atoms with Gasteiger partial charge in [0, 0.05) is 26.3 Å². The minimum atomic E-state index is -0.0575. The Kier molecular flexibility index (Phi) is 4.95. The highest BCUT2D eigenvalue weighted by Gasteiger charge is 2.22. The molecule has 0 bridgehead atoms. The molecule has 3 aromatic rings. The van der Waals surface area contributed by atoms with Gasteiger partial charge in [0.15, 0.2) is 0 Å². The Hall–Kier alpha value is -2.53. The monoisotopic (exact) mass is 356 g/mol. The summed E-state index contributed by atoms with van der Waals surface area (Å²) in [5.41, 5.74) is 2.88. The number of carbonyl (C=O) groups is 1. The number of hydrogen-bond acceptors (Lipinski definition) is 2. The van der Waals surface area contributed by atoms with Gasteiger partial charge in [0.2, 0.25) is 0 Å². The van der Waals surface area contributed by atoms with Crippen molar-refractivity contribution in [3.8, 4) is 17.1 Å². The number of nitrogens with zero attached hydrogens (tertiary/aromatic N) is 4. The van der Waals surface area contributed by atoms with Gasteiger partial charge in [0.1, 0.15) is 11.4 Å². The van der Waals surface area contributed by atoms with Gasteiger partial charge in [-0.05, 0) is 44.2 Å². The third-order valence-corrected chi connectivity index (χ3v) is 4.59. The van der Waals surface area contributed by atoms with E-state index in [1.807, 2.05) is 68.1 Å². The lowest BCUT2D eigenvalue weighted by Gasteiger charge is -2.19. The predicted molar refractivity (Wildman–Crippen MR) is 100 cm³/mol. The largest absolute Gasteiger partial charge is 0.349 e. The summed E-state index contributed by atoms with van der Waals surface area (Å²) in [6.45, 7) is 5.22. The molecule has 0 aliphatic rings. The van der Waals surface area contributed by atoms with Crippen LogP contribution in [0.2, 0.25) is 5.02 Å². The Bertz CT molecular complexity index is 892. The zero-order valence-corrected chi connectivity index (χ0v) is 15.4. The highest BCUT2D eigenvalue weighted by Crippen LogP contribution is 2.26. The van der Waals surface area contributed by atoms with Gasteiger partial charge in [0.05, 0.1) is 16.4 Å². The molecule has 0 atom stereocenters. The first-order chi connectivity index (χ1) is 12.1. The lowest BCUT2D eigenvalue weighted by Crippen LogP contribution is -2.32. The van der Waals surface area contributed by atoms with Crippen LogP contribution in [0.3, 0.4) is 0 Å². The molecule has 0 aliphatic carbocycles. The summed E-state index contributed by atoms with van der Waals surface area (Å²) in [5.74, 6) is -0.0575. The van der Waals surface area contributed by atoms with Crippen LogP contribution < -0.4 is 0 Å². The number of hydrogen-bond donors (Lipinski definition) is 0. The third-order valence-electron chi connectivity index (χ3n) is 4.27. The van der Waals surface area contributed by atoms with E-state index in [2.05, 4.69) is 5.10 Å². The summed E-state index contributed by atoms with van der Waals surface area (Å²) < 4.78 is 3.62. The van der Waals surface area contributed by atoms with Gasteiger partial charge in [0.25, 0.3) is 5.91 Å². The quantitative estimate of drug-likeness (QED) is 0.693. The van der Waals surface area contributed by atoms with Gasteiger partial charge in [-0.25, -0.2) is 4.68 Å². The van der Waals surface area contributed by atoms with Crippen molar-refractivity contribution in [2.75, 3.05) is 13.1 Å².